The molecule has 1 saturated heterocycles. The van der Waals surface area contributed by atoms with Gasteiger partial charge in [0.25, 0.3) is 0 Å². The molecule has 1 fully saturated rings. The van der Waals surface area contributed by atoms with Crippen molar-refractivity contribution in [3.8, 4) is 17.6 Å². The van der Waals surface area contributed by atoms with E-state index in [0.29, 0.717) is 58.3 Å². The van der Waals surface area contributed by atoms with E-state index in [1.54, 1.807) is 10.7 Å². The van der Waals surface area contributed by atoms with Gasteiger partial charge in [-0.05, 0) is 41.7 Å². The van der Waals surface area contributed by atoms with E-state index in [4.69, 9.17) is 20.2 Å². The Labute approximate surface area is 216 Å². The van der Waals surface area contributed by atoms with E-state index in [1.165, 1.54) is 18.1 Å². The van der Waals surface area contributed by atoms with Gasteiger partial charge in [-0.2, -0.15) is 5.26 Å². The van der Waals surface area contributed by atoms with Gasteiger partial charge in [0.2, 0.25) is 5.95 Å². The third-order valence-corrected chi connectivity index (χ3v) is 7.80. The molecule has 0 saturated carbocycles. The van der Waals surface area contributed by atoms with Gasteiger partial charge in [0.1, 0.15) is 25.6 Å². The Hall–Kier alpha value is -4.12. The van der Waals surface area contributed by atoms with Crippen LogP contribution in [-0.2, 0) is 13.6 Å². The molecule has 13 nitrogen and oxygen atoms in total. The maximum Gasteiger partial charge on any atom is 0.245 e. The Morgan fingerprint density at radius 1 is 1.16 bits per heavy atom. The summed E-state index contributed by atoms with van der Waals surface area (Å²) in [6.07, 6.45) is 4.50. The quantitative estimate of drug-likeness (QED) is 0.395. The highest BCUT2D eigenvalue weighted by molar-refractivity contribution is 7.99. The number of piperidine rings is 1. The first-order valence-electron chi connectivity index (χ1n) is 12.1. The molecule has 0 amide bonds. The lowest BCUT2D eigenvalue weighted by Crippen LogP contribution is -2.35. The fourth-order valence-corrected chi connectivity index (χ4v) is 5.78. The lowest BCUT2D eigenvalue weighted by atomic mass is 9.94. The number of nitrogens with two attached hydrogens (primary N) is 1. The SMILES string of the molecule is Cn1nnnc1N1CCC(CCn2c(Sc3cc4c(cc3C#N)OCCO4)nc3c(N)ncnc32)CC1. The summed E-state index contributed by atoms with van der Waals surface area (Å²) in [6, 6.07) is 5.83. The van der Waals surface area contributed by atoms with Gasteiger partial charge in [0.05, 0.1) is 5.56 Å². The minimum absolute atomic E-state index is 0.332. The van der Waals surface area contributed by atoms with Gasteiger partial charge in [-0.3, -0.25) is 0 Å². The minimum Gasteiger partial charge on any atom is -0.486 e. The molecule has 3 aromatic heterocycles. The van der Waals surface area contributed by atoms with Crippen LogP contribution in [0.4, 0.5) is 11.8 Å². The number of aromatic nitrogens is 8. The first-order valence-corrected chi connectivity index (χ1v) is 12.9. The molecule has 1 aromatic carbocycles. The van der Waals surface area contributed by atoms with Crippen LogP contribution < -0.4 is 20.1 Å². The molecule has 0 atom stereocenters. The first-order chi connectivity index (χ1) is 18.1. The molecule has 0 spiro atoms. The highest BCUT2D eigenvalue weighted by Gasteiger charge is 2.25. The molecule has 37 heavy (non-hydrogen) atoms. The van der Waals surface area contributed by atoms with Crippen molar-refractivity contribution < 1.29 is 9.47 Å². The average Bonchev–Trinajstić information content (AvgIpc) is 3.51. The second-order valence-corrected chi connectivity index (χ2v) is 10.0. The number of rotatable bonds is 6. The Morgan fingerprint density at radius 3 is 2.68 bits per heavy atom. The van der Waals surface area contributed by atoms with E-state index in [9.17, 15) is 5.26 Å². The molecule has 0 unspecified atom stereocenters. The summed E-state index contributed by atoms with van der Waals surface area (Å²) in [4.78, 5) is 16.3. The number of nitriles is 1. The zero-order chi connectivity index (χ0) is 25.4. The van der Waals surface area contributed by atoms with Gasteiger partial charge < -0.3 is 24.7 Å². The van der Waals surface area contributed by atoms with Gasteiger partial charge >= 0.3 is 0 Å². The third-order valence-electron chi connectivity index (χ3n) is 6.75. The number of anilines is 2. The molecular formula is C23H25N11O2S. The number of fused-ring (bicyclic) bond motifs is 2. The van der Waals surface area contributed by atoms with E-state index < -0.39 is 0 Å². The summed E-state index contributed by atoms with van der Waals surface area (Å²) in [5.74, 6) is 2.88. The second-order valence-electron chi connectivity index (χ2n) is 9.00. The number of tetrazole rings is 1. The molecule has 14 heteroatoms. The Bertz CT molecular complexity index is 1490. The van der Waals surface area contributed by atoms with E-state index in [2.05, 4.69) is 41.0 Å². The van der Waals surface area contributed by atoms with Crippen LogP contribution in [-0.4, -0.2) is 66.0 Å². The molecule has 6 rings (SSSR count). The van der Waals surface area contributed by atoms with Crippen LogP contribution in [0.2, 0.25) is 0 Å². The number of nitrogen functional groups attached to an aromatic ring is 1. The molecule has 190 valence electrons. The zero-order valence-electron chi connectivity index (χ0n) is 20.2. The van der Waals surface area contributed by atoms with Gasteiger partial charge in [-0.15, -0.1) is 0 Å². The highest BCUT2D eigenvalue weighted by atomic mass is 32.2. The largest absolute Gasteiger partial charge is 0.486 e. The number of nitrogens with zero attached hydrogens (tertiary/aromatic N) is 10. The van der Waals surface area contributed by atoms with Crippen molar-refractivity contribution in [3.05, 3.63) is 24.0 Å². The van der Waals surface area contributed by atoms with Crippen LogP contribution in [0.1, 0.15) is 24.8 Å². The minimum atomic E-state index is 0.332. The van der Waals surface area contributed by atoms with Crippen LogP contribution in [0.25, 0.3) is 11.2 Å². The van der Waals surface area contributed by atoms with Crippen molar-refractivity contribution >= 4 is 34.7 Å². The van der Waals surface area contributed by atoms with Crippen molar-refractivity contribution in [1.82, 2.24) is 39.7 Å². The Balaban J connectivity index is 1.24. The van der Waals surface area contributed by atoms with Crippen molar-refractivity contribution in [1.29, 1.82) is 5.26 Å². The maximum absolute atomic E-state index is 9.78. The van der Waals surface area contributed by atoms with Gasteiger partial charge in [0, 0.05) is 37.6 Å². The van der Waals surface area contributed by atoms with E-state index in [1.807, 2.05) is 13.1 Å². The van der Waals surface area contributed by atoms with Crippen molar-refractivity contribution in [2.45, 2.75) is 35.9 Å². The Morgan fingerprint density at radius 2 is 1.95 bits per heavy atom. The summed E-state index contributed by atoms with van der Waals surface area (Å²) in [5.41, 5.74) is 7.89. The smallest absolute Gasteiger partial charge is 0.245 e. The summed E-state index contributed by atoms with van der Waals surface area (Å²) in [5, 5.41) is 22.3. The number of hydrogen-bond acceptors (Lipinski definition) is 12. The number of aryl methyl sites for hydroxylation is 2. The number of ether oxygens (including phenoxy) is 2. The number of benzene rings is 1. The van der Waals surface area contributed by atoms with Crippen molar-refractivity contribution in [3.63, 3.8) is 0 Å². The predicted octanol–water partition coefficient (Wildman–Crippen LogP) is 2.03. The number of hydrogen-bond donors (Lipinski definition) is 1. The van der Waals surface area contributed by atoms with Gasteiger partial charge in [-0.25, -0.2) is 19.6 Å². The fourth-order valence-electron chi connectivity index (χ4n) is 4.78. The summed E-state index contributed by atoms with van der Waals surface area (Å²) in [6.45, 7) is 3.47. The molecule has 5 heterocycles. The summed E-state index contributed by atoms with van der Waals surface area (Å²) < 4.78 is 15.2. The predicted molar refractivity (Wildman–Crippen MR) is 134 cm³/mol. The standard InChI is InChI=1S/C23H25N11O2S/c1-32-22(29-30-31-32)33-5-2-14(3-6-33)4-7-34-21-19(20(25)26-13-27-21)28-23(34)37-18-11-17-16(10-15(18)12-24)35-8-9-36-17/h10-11,13-14H,2-9H2,1H3,(H2,25,26,27). The number of imidazole rings is 1. The molecular weight excluding hydrogens is 494 g/mol. The van der Waals surface area contributed by atoms with E-state index in [-0.39, 0.29) is 0 Å². The average molecular weight is 520 g/mol. The van der Waals surface area contributed by atoms with Crippen LogP contribution in [0.15, 0.2) is 28.5 Å². The first kappa shape index (κ1) is 23.3. The second kappa shape index (κ2) is 9.74. The van der Waals surface area contributed by atoms with E-state index >= 15 is 0 Å². The van der Waals surface area contributed by atoms with Gasteiger partial charge in [-0.1, -0.05) is 16.9 Å². The Kier molecular flexibility index (Phi) is 6.13. The lowest BCUT2D eigenvalue weighted by molar-refractivity contribution is 0.171. The molecule has 0 radical (unpaired) electrons. The zero-order valence-corrected chi connectivity index (χ0v) is 21.1. The normalized spacial score (nSPS) is 15.7. The molecule has 2 aliphatic rings. The molecule has 4 aromatic rings. The summed E-state index contributed by atoms with van der Waals surface area (Å²) in [7, 11) is 1.86. The monoisotopic (exact) mass is 519 g/mol. The molecule has 2 aliphatic heterocycles. The van der Waals surface area contributed by atoms with Gasteiger partial charge in [0.15, 0.2) is 33.6 Å². The van der Waals surface area contributed by atoms with Crippen LogP contribution >= 0.6 is 11.8 Å². The third kappa shape index (κ3) is 4.46. The molecule has 2 N–H and O–H groups in total. The van der Waals surface area contributed by atoms with E-state index in [0.717, 1.165) is 49.7 Å². The molecule has 0 bridgehead atoms. The fraction of sp³-hybridized carbons (Fsp3) is 0.435. The van der Waals surface area contributed by atoms with Crippen molar-refractivity contribution in [2.75, 3.05) is 36.9 Å². The van der Waals surface area contributed by atoms with Crippen LogP contribution in [0.3, 0.4) is 0 Å². The molecule has 0 aliphatic carbocycles. The van der Waals surface area contributed by atoms with Crippen molar-refractivity contribution in [2.24, 2.45) is 13.0 Å². The van der Waals surface area contributed by atoms with Crippen LogP contribution in [0.5, 0.6) is 11.5 Å². The van der Waals surface area contributed by atoms with Crippen LogP contribution in [0, 0.1) is 17.2 Å². The maximum atomic E-state index is 9.78. The summed E-state index contributed by atoms with van der Waals surface area (Å²) >= 11 is 1.40. The topological polar surface area (TPSA) is 159 Å². The highest BCUT2D eigenvalue weighted by Crippen LogP contribution is 2.40. The lowest BCUT2D eigenvalue weighted by Gasteiger charge is -2.32.